The molecule has 0 atom stereocenters. The van der Waals surface area contributed by atoms with Crippen molar-refractivity contribution in [2.75, 3.05) is 13.2 Å². The van der Waals surface area contributed by atoms with Crippen LogP contribution in [0.4, 0.5) is 0 Å². The van der Waals surface area contributed by atoms with Crippen LogP contribution in [0.1, 0.15) is 117 Å². The predicted octanol–water partition coefficient (Wildman–Crippen LogP) is 6.90. The molecule has 0 aliphatic rings. The summed E-state index contributed by atoms with van der Waals surface area (Å²) >= 11 is 0. The zero-order valence-corrected chi connectivity index (χ0v) is 18.1. The summed E-state index contributed by atoms with van der Waals surface area (Å²) in [6, 6.07) is 0. The summed E-state index contributed by atoms with van der Waals surface area (Å²) in [6.45, 7) is 6.55. The van der Waals surface area contributed by atoms with Crippen LogP contribution in [0.15, 0.2) is 0 Å². The maximum atomic E-state index is 5.72. The topological polar surface area (TPSA) is 9.23 Å². The number of unbranched alkanes of at least 4 members (excludes halogenated alkanes) is 14. The van der Waals surface area contributed by atoms with E-state index in [1.165, 1.54) is 103 Å². The second kappa shape index (κ2) is 24.5. The van der Waals surface area contributed by atoms with Gasteiger partial charge in [0.2, 0.25) is 0 Å². The molecule has 130 valence electrons. The Kier molecular flexibility index (Phi) is 28.3. The fourth-order valence-corrected chi connectivity index (χ4v) is 2.78. The van der Waals surface area contributed by atoms with Gasteiger partial charge >= 0.3 is 0 Å². The number of hydrogen-bond acceptors (Lipinski definition) is 1. The van der Waals surface area contributed by atoms with Crippen LogP contribution in [0.5, 0.6) is 0 Å². The van der Waals surface area contributed by atoms with E-state index in [1.807, 2.05) is 0 Å². The van der Waals surface area contributed by atoms with Crippen molar-refractivity contribution in [2.24, 2.45) is 0 Å². The van der Waals surface area contributed by atoms with Gasteiger partial charge in [0.1, 0.15) is 0 Å². The third-order valence-electron chi connectivity index (χ3n) is 4.28. The zero-order valence-electron chi connectivity index (χ0n) is 15.8. The van der Waals surface area contributed by atoms with E-state index in [-0.39, 0.29) is 37.7 Å². The monoisotopic (exact) mass is 338 g/mol. The van der Waals surface area contributed by atoms with Crippen LogP contribution in [-0.2, 0) is 4.74 Å². The molecule has 0 aromatic carbocycles. The van der Waals surface area contributed by atoms with Gasteiger partial charge < -0.3 is 4.74 Å². The Morgan fingerprint density at radius 3 is 1.00 bits per heavy atom. The molecule has 0 aliphatic carbocycles. The quantitative estimate of drug-likeness (QED) is 0.195. The van der Waals surface area contributed by atoms with Crippen LogP contribution >= 0.6 is 0 Å². The van der Waals surface area contributed by atoms with Gasteiger partial charge in [-0.1, -0.05) is 104 Å². The molecule has 0 N–H and O–H groups in total. The minimum Gasteiger partial charge on any atom is -0.381 e. The molecule has 0 spiro atoms. The van der Waals surface area contributed by atoms with Crippen LogP contribution < -0.4 is 0 Å². The fraction of sp³-hybridized carbons (Fsp3) is 1.00. The Balaban J connectivity index is 0. The van der Waals surface area contributed by atoms with Crippen molar-refractivity contribution >= 4 is 37.7 Å². The van der Waals surface area contributed by atoms with Gasteiger partial charge in [0.15, 0.2) is 0 Å². The number of ether oxygens (including phenoxy) is 1. The van der Waals surface area contributed by atoms with Crippen molar-refractivity contribution in [2.45, 2.75) is 117 Å². The Hall–Kier alpha value is 1.22. The minimum atomic E-state index is 0. The molecule has 0 heterocycles. The summed E-state index contributed by atoms with van der Waals surface area (Å²) in [5.41, 5.74) is 0. The molecule has 0 amide bonds. The summed E-state index contributed by atoms with van der Waals surface area (Å²) in [4.78, 5) is 0. The van der Waals surface area contributed by atoms with Crippen molar-refractivity contribution in [3.05, 3.63) is 0 Å². The summed E-state index contributed by atoms with van der Waals surface area (Å²) in [6.07, 6.45) is 22.2. The van der Waals surface area contributed by atoms with Crippen LogP contribution in [0.2, 0.25) is 0 Å². The van der Waals surface area contributed by atoms with E-state index >= 15 is 0 Å². The molecular formula is C20H42CaO. The SMILES string of the molecule is CCCCCCCCCCOCCCCCCCCCC.[Ca]. The molecule has 0 aromatic heterocycles. The molecule has 0 bridgehead atoms. The molecule has 0 unspecified atom stereocenters. The van der Waals surface area contributed by atoms with E-state index in [4.69, 9.17) is 4.74 Å². The molecular weight excluding hydrogens is 296 g/mol. The van der Waals surface area contributed by atoms with Crippen LogP contribution in [0, 0.1) is 0 Å². The van der Waals surface area contributed by atoms with Crippen LogP contribution in [-0.4, -0.2) is 51.0 Å². The summed E-state index contributed by atoms with van der Waals surface area (Å²) in [5.74, 6) is 0. The first-order valence-corrected chi connectivity index (χ1v) is 9.99. The first-order chi connectivity index (χ1) is 10.4. The number of rotatable bonds is 18. The van der Waals surface area contributed by atoms with E-state index < -0.39 is 0 Å². The maximum absolute atomic E-state index is 5.72. The molecule has 0 aromatic rings. The second-order valence-corrected chi connectivity index (χ2v) is 6.56. The Morgan fingerprint density at radius 1 is 0.409 bits per heavy atom. The van der Waals surface area contributed by atoms with Gasteiger partial charge in [-0.25, -0.2) is 0 Å². The summed E-state index contributed by atoms with van der Waals surface area (Å²) in [7, 11) is 0. The summed E-state index contributed by atoms with van der Waals surface area (Å²) < 4.78 is 5.72. The third kappa shape index (κ3) is 23.5. The van der Waals surface area contributed by atoms with Crippen molar-refractivity contribution in [1.29, 1.82) is 0 Å². The zero-order chi connectivity index (χ0) is 15.4. The molecule has 2 heteroatoms. The number of hydrogen-bond donors (Lipinski definition) is 0. The van der Waals surface area contributed by atoms with Crippen LogP contribution in [0.3, 0.4) is 0 Å². The van der Waals surface area contributed by atoms with Gasteiger partial charge in [-0.05, 0) is 12.8 Å². The molecule has 0 rings (SSSR count). The molecule has 0 saturated heterocycles. The maximum Gasteiger partial charge on any atom is 0.0466 e. The van der Waals surface area contributed by atoms with Gasteiger partial charge in [-0.2, -0.15) is 0 Å². The van der Waals surface area contributed by atoms with Crippen molar-refractivity contribution in [3.63, 3.8) is 0 Å². The van der Waals surface area contributed by atoms with Gasteiger partial charge in [-0.15, -0.1) is 0 Å². The molecule has 0 saturated carbocycles. The van der Waals surface area contributed by atoms with Crippen molar-refractivity contribution in [3.8, 4) is 0 Å². The van der Waals surface area contributed by atoms with Gasteiger partial charge in [0, 0.05) is 51.0 Å². The van der Waals surface area contributed by atoms with Gasteiger partial charge in [0.05, 0.1) is 0 Å². The van der Waals surface area contributed by atoms with E-state index in [1.54, 1.807) is 0 Å². The minimum absolute atomic E-state index is 0. The van der Waals surface area contributed by atoms with Gasteiger partial charge in [0.25, 0.3) is 0 Å². The first-order valence-electron chi connectivity index (χ1n) is 9.99. The van der Waals surface area contributed by atoms with E-state index in [0.717, 1.165) is 13.2 Å². The van der Waals surface area contributed by atoms with Crippen molar-refractivity contribution < 1.29 is 4.74 Å². The molecule has 22 heavy (non-hydrogen) atoms. The average Bonchev–Trinajstić information content (AvgIpc) is 2.50. The standard InChI is InChI=1S/C20H42O.Ca/c1-3-5-7-9-11-13-15-17-19-21-20-18-16-14-12-10-8-6-4-2;/h3-20H2,1-2H3;. The Morgan fingerprint density at radius 2 is 0.682 bits per heavy atom. The molecule has 0 aliphatic heterocycles. The fourth-order valence-electron chi connectivity index (χ4n) is 2.78. The smallest absolute Gasteiger partial charge is 0.0466 e. The van der Waals surface area contributed by atoms with Crippen molar-refractivity contribution in [1.82, 2.24) is 0 Å². The molecule has 0 fully saturated rings. The normalized spacial score (nSPS) is 10.6. The largest absolute Gasteiger partial charge is 0.381 e. The molecule has 2 radical (unpaired) electrons. The van der Waals surface area contributed by atoms with E-state index in [9.17, 15) is 0 Å². The predicted molar refractivity (Wildman–Crippen MR) is 102 cm³/mol. The second-order valence-electron chi connectivity index (χ2n) is 6.56. The average molecular weight is 339 g/mol. The van der Waals surface area contributed by atoms with Crippen LogP contribution in [0.25, 0.3) is 0 Å². The van der Waals surface area contributed by atoms with Gasteiger partial charge in [-0.3, -0.25) is 0 Å². The Labute approximate surface area is 171 Å². The van der Waals surface area contributed by atoms with E-state index in [2.05, 4.69) is 13.8 Å². The Bertz CT molecular complexity index is 155. The molecule has 1 nitrogen and oxygen atoms in total. The summed E-state index contributed by atoms with van der Waals surface area (Å²) in [5, 5.41) is 0. The first kappa shape index (κ1) is 25.5. The third-order valence-corrected chi connectivity index (χ3v) is 4.28. The van der Waals surface area contributed by atoms with E-state index in [0.29, 0.717) is 0 Å².